The summed E-state index contributed by atoms with van der Waals surface area (Å²) >= 11 is 1.65. The number of carbonyl (C=O) groups excluding carboxylic acids is 1. The van der Waals surface area contributed by atoms with Crippen molar-refractivity contribution in [3.8, 4) is 0 Å². The molecule has 0 aliphatic heterocycles. The number of hydrogen-bond donors (Lipinski definition) is 2. The van der Waals surface area contributed by atoms with Crippen LogP contribution in [-0.4, -0.2) is 34.7 Å². The zero-order chi connectivity index (χ0) is 13.5. The smallest absolute Gasteiger partial charge is 0.230 e. The predicted molar refractivity (Wildman–Crippen MR) is 75.3 cm³/mol. The molecule has 0 radical (unpaired) electrons. The molecule has 0 fully saturated rings. The van der Waals surface area contributed by atoms with Crippen molar-refractivity contribution in [2.24, 2.45) is 11.8 Å². The summed E-state index contributed by atoms with van der Waals surface area (Å²) in [6.45, 7) is 10.3. The third-order valence-corrected chi connectivity index (χ3v) is 3.95. The van der Waals surface area contributed by atoms with Gasteiger partial charge in [-0.15, -0.1) is 0 Å². The molecule has 0 heterocycles. The second-order valence-electron chi connectivity index (χ2n) is 5.52. The van der Waals surface area contributed by atoms with E-state index in [1.165, 1.54) is 0 Å². The normalized spacial score (nSPS) is 15.1. The van der Waals surface area contributed by atoms with E-state index in [1.54, 1.807) is 18.7 Å². The fourth-order valence-corrected chi connectivity index (χ4v) is 2.09. The molecule has 1 atom stereocenters. The second kappa shape index (κ2) is 7.98. The Kier molecular flexibility index (Phi) is 7.88. The maximum Gasteiger partial charge on any atom is 0.230 e. The number of nitrogens with one attached hydrogen (secondary N) is 1. The molecule has 0 bridgehead atoms. The Balaban J connectivity index is 3.67. The van der Waals surface area contributed by atoms with E-state index in [-0.39, 0.29) is 11.8 Å². The number of carbonyl (C=O) groups is 1. The molecule has 0 saturated heterocycles. The molecule has 2 N–H and O–H groups in total. The second-order valence-corrected chi connectivity index (χ2v) is 6.63. The summed E-state index contributed by atoms with van der Waals surface area (Å²) in [6.07, 6.45) is 1.14. The molecule has 0 aromatic carbocycles. The lowest BCUT2D eigenvalue weighted by Gasteiger charge is -2.27. The third-order valence-electron chi connectivity index (χ3n) is 2.96. The first-order chi connectivity index (χ1) is 7.75. The van der Waals surface area contributed by atoms with Crippen molar-refractivity contribution in [3.63, 3.8) is 0 Å². The van der Waals surface area contributed by atoms with Gasteiger partial charge >= 0.3 is 0 Å². The van der Waals surface area contributed by atoms with Gasteiger partial charge in [0, 0.05) is 6.54 Å². The number of amides is 1. The molecule has 0 aromatic heterocycles. The molecule has 0 rings (SSSR count). The molecular formula is C13H27NO2S. The molecule has 0 spiro atoms. The average Bonchev–Trinajstić information content (AvgIpc) is 2.21. The summed E-state index contributed by atoms with van der Waals surface area (Å²) in [5.41, 5.74) is -0.821. The molecule has 4 heteroatoms. The van der Waals surface area contributed by atoms with Crippen LogP contribution in [0.5, 0.6) is 0 Å². The van der Waals surface area contributed by atoms with E-state index < -0.39 is 5.60 Å². The van der Waals surface area contributed by atoms with Gasteiger partial charge in [-0.1, -0.05) is 27.7 Å². The number of hydrogen-bond acceptors (Lipinski definition) is 3. The Labute approximate surface area is 110 Å². The topological polar surface area (TPSA) is 49.3 Å². The predicted octanol–water partition coefficient (Wildman–Crippen LogP) is 2.29. The molecule has 1 unspecified atom stereocenters. The van der Waals surface area contributed by atoms with Crippen LogP contribution in [0.15, 0.2) is 0 Å². The molecule has 3 nitrogen and oxygen atoms in total. The third kappa shape index (κ3) is 8.50. The number of thioether (sulfide) groups is 1. The van der Waals surface area contributed by atoms with Crippen LogP contribution >= 0.6 is 11.8 Å². The summed E-state index contributed by atoms with van der Waals surface area (Å²) in [5, 5.41) is 12.7. The minimum absolute atomic E-state index is 0.0136. The average molecular weight is 261 g/mol. The summed E-state index contributed by atoms with van der Waals surface area (Å²) in [7, 11) is 0. The highest BCUT2D eigenvalue weighted by atomic mass is 32.2. The first kappa shape index (κ1) is 16.8. The monoisotopic (exact) mass is 261 g/mol. The van der Waals surface area contributed by atoms with E-state index in [4.69, 9.17) is 0 Å². The van der Waals surface area contributed by atoms with Gasteiger partial charge in [0.15, 0.2) is 0 Å². The van der Waals surface area contributed by atoms with E-state index in [0.717, 1.165) is 12.2 Å². The minimum atomic E-state index is -0.821. The van der Waals surface area contributed by atoms with Crippen LogP contribution in [0.1, 0.15) is 41.0 Å². The summed E-state index contributed by atoms with van der Waals surface area (Å²) in [4.78, 5) is 11.5. The fraction of sp³-hybridized carbons (Fsp3) is 0.923. The molecule has 17 heavy (non-hydrogen) atoms. The van der Waals surface area contributed by atoms with Crippen molar-refractivity contribution in [3.05, 3.63) is 0 Å². The van der Waals surface area contributed by atoms with E-state index in [0.29, 0.717) is 18.2 Å². The highest BCUT2D eigenvalue weighted by molar-refractivity contribution is 7.99. The van der Waals surface area contributed by atoms with Crippen LogP contribution in [0.25, 0.3) is 0 Å². The van der Waals surface area contributed by atoms with Crippen molar-refractivity contribution < 1.29 is 9.90 Å². The maximum absolute atomic E-state index is 11.5. The van der Waals surface area contributed by atoms with Gasteiger partial charge in [-0.2, -0.15) is 11.8 Å². The SMILES string of the molecule is CC(C)CCSCC(=O)NCC(C)(O)C(C)C. The molecule has 1 amide bonds. The molecule has 0 aromatic rings. The minimum Gasteiger partial charge on any atom is -0.388 e. The van der Waals surface area contributed by atoms with Crippen molar-refractivity contribution in [1.82, 2.24) is 5.32 Å². The molecular weight excluding hydrogens is 234 g/mol. The van der Waals surface area contributed by atoms with Crippen molar-refractivity contribution in [1.29, 1.82) is 0 Å². The molecule has 0 saturated carbocycles. The largest absolute Gasteiger partial charge is 0.388 e. The van der Waals surface area contributed by atoms with E-state index in [1.807, 2.05) is 13.8 Å². The van der Waals surface area contributed by atoms with Crippen molar-refractivity contribution in [2.75, 3.05) is 18.1 Å². The zero-order valence-electron chi connectivity index (χ0n) is 11.7. The zero-order valence-corrected chi connectivity index (χ0v) is 12.6. The Morgan fingerprint density at radius 3 is 2.41 bits per heavy atom. The van der Waals surface area contributed by atoms with Gasteiger partial charge in [0.1, 0.15) is 0 Å². The Bertz CT molecular complexity index is 227. The lowest BCUT2D eigenvalue weighted by Crippen LogP contribution is -2.44. The maximum atomic E-state index is 11.5. The van der Waals surface area contributed by atoms with Gasteiger partial charge in [0.25, 0.3) is 0 Å². The molecule has 0 aliphatic rings. The van der Waals surface area contributed by atoms with Gasteiger partial charge in [0.2, 0.25) is 5.91 Å². The first-order valence-electron chi connectivity index (χ1n) is 6.32. The van der Waals surface area contributed by atoms with Crippen molar-refractivity contribution >= 4 is 17.7 Å². The van der Waals surface area contributed by atoms with Crippen LogP contribution in [-0.2, 0) is 4.79 Å². The summed E-state index contributed by atoms with van der Waals surface area (Å²) in [6, 6.07) is 0. The van der Waals surface area contributed by atoms with Gasteiger partial charge < -0.3 is 10.4 Å². The van der Waals surface area contributed by atoms with Crippen LogP contribution in [0.2, 0.25) is 0 Å². The van der Waals surface area contributed by atoms with E-state index in [2.05, 4.69) is 19.2 Å². The van der Waals surface area contributed by atoms with Gasteiger partial charge in [0.05, 0.1) is 11.4 Å². The van der Waals surface area contributed by atoms with Crippen LogP contribution in [0.3, 0.4) is 0 Å². The lowest BCUT2D eigenvalue weighted by atomic mass is 9.93. The Morgan fingerprint density at radius 2 is 1.94 bits per heavy atom. The Hall–Kier alpha value is -0.220. The summed E-state index contributed by atoms with van der Waals surface area (Å²) < 4.78 is 0. The quantitative estimate of drug-likeness (QED) is 0.659. The van der Waals surface area contributed by atoms with Crippen LogP contribution in [0.4, 0.5) is 0 Å². The van der Waals surface area contributed by atoms with E-state index in [9.17, 15) is 9.90 Å². The highest BCUT2D eigenvalue weighted by Crippen LogP contribution is 2.14. The fourth-order valence-electron chi connectivity index (χ4n) is 1.02. The molecule has 0 aliphatic carbocycles. The van der Waals surface area contributed by atoms with Crippen LogP contribution in [0, 0.1) is 11.8 Å². The van der Waals surface area contributed by atoms with Crippen molar-refractivity contribution in [2.45, 2.75) is 46.6 Å². The van der Waals surface area contributed by atoms with Gasteiger partial charge in [-0.25, -0.2) is 0 Å². The number of aliphatic hydroxyl groups is 1. The highest BCUT2D eigenvalue weighted by Gasteiger charge is 2.25. The standard InChI is InChI=1S/C13H27NO2S/c1-10(2)6-7-17-8-12(15)14-9-13(5,16)11(3)4/h10-11,16H,6-9H2,1-5H3,(H,14,15). The number of rotatable bonds is 8. The van der Waals surface area contributed by atoms with Crippen LogP contribution < -0.4 is 5.32 Å². The van der Waals surface area contributed by atoms with Gasteiger partial charge in [-0.3, -0.25) is 4.79 Å². The molecule has 102 valence electrons. The first-order valence-corrected chi connectivity index (χ1v) is 7.48. The van der Waals surface area contributed by atoms with E-state index >= 15 is 0 Å². The van der Waals surface area contributed by atoms with Gasteiger partial charge in [-0.05, 0) is 30.9 Å². The summed E-state index contributed by atoms with van der Waals surface area (Å²) in [5.74, 6) is 2.34. The lowest BCUT2D eigenvalue weighted by molar-refractivity contribution is -0.120. The Morgan fingerprint density at radius 1 is 1.35 bits per heavy atom.